The van der Waals surface area contributed by atoms with Crippen molar-refractivity contribution >= 4 is 6.09 Å². The molecule has 2 N–H and O–H groups in total. The van der Waals surface area contributed by atoms with Gasteiger partial charge in [-0.2, -0.15) is 5.26 Å². The molecule has 0 aliphatic carbocycles. The number of benzene rings is 1. The molecule has 0 spiro atoms. The normalized spacial score (nSPS) is 11.9. The highest BCUT2D eigenvalue weighted by atomic mass is 16.6. The lowest BCUT2D eigenvalue weighted by Gasteiger charge is -2.20. The standard InChI is InChI=1S/C13H16N2O2/c1-9(2)12(17-13(15)16)11-5-3-10(4-6-11)7-8-14/h3-6,9,12H,7H2,1-2H3,(H2,15,16). The third-order valence-corrected chi connectivity index (χ3v) is 2.44. The highest BCUT2D eigenvalue weighted by Gasteiger charge is 2.18. The number of rotatable bonds is 4. The molecule has 17 heavy (non-hydrogen) atoms. The van der Waals surface area contributed by atoms with Crippen LogP contribution in [0.2, 0.25) is 0 Å². The van der Waals surface area contributed by atoms with Gasteiger partial charge < -0.3 is 10.5 Å². The van der Waals surface area contributed by atoms with Crippen LogP contribution >= 0.6 is 0 Å². The Labute approximate surface area is 101 Å². The fraction of sp³-hybridized carbons (Fsp3) is 0.385. The van der Waals surface area contributed by atoms with Gasteiger partial charge in [-0.15, -0.1) is 0 Å². The summed E-state index contributed by atoms with van der Waals surface area (Å²) >= 11 is 0. The molecule has 0 bridgehead atoms. The Bertz CT molecular complexity index is 418. The predicted octanol–water partition coefficient (Wildman–Crippen LogP) is 2.55. The molecule has 0 saturated heterocycles. The van der Waals surface area contributed by atoms with Crippen molar-refractivity contribution in [3.63, 3.8) is 0 Å². The molecule has 90 valence electrons. The van der Waals surface area contributed by atoms with E-state index in [0.717, 1.165) is 11.1 Å². The fourth-order valence-corrected chi connectivity index (χ4v) is 1.63. The largest absolute Gasteiger partial charge is 0.441 e. The zero-order chi connectivity index (χ0) is 12.8. The van der Waals surface area contributed by atoms with Crippen molar-refractivity contribution in [1.82, 2.24) is 0 Å². The summed E-state index contributed by atoms with van der Waals surface area (Å²) in [5.74, 6) is 0.143. The first-order chi connectivity index (χ1) is 8.04. The number of carbonyl (C=O) groups excluding carboxylic acids is 1. The minimum absolute atomic E-state index is 0.143. The van der Waals surface area contributed by atoms with Gasteiger partial charge in [-0.25, -0.2) is 4.79 Å². The summed E-state index contributed by atoms with van der Waals surface area (Å²) in [5, 5.41) is 8.57. The van der Waals surface area contributed by atoms with Gasteiger partial charge in [0.25, 0.3) is 0 Å². The van der Waals surface area contributed by atoms with E-state index in [0.29, 0.717) is 6.42 Å². The molecule has 4 nitrogen and oxygen atoms in total. The third kappa shape index (κ3) is 3.80. The van der Waals surface area contributed by atoms with E-state index in [1.54, 1.807) is 0 Å². The van der Waals surface area contributed by atoms with Crippen molar-refractivity contribution in [3.05, 3.63) is 35.4 Å². The van der Waals surface area contributed by atoms with E-state index in [4.69, 9.17) is 15.7 Å². The van der Waals surface area contributed by atoms with Crippen LogP contribution < -0.4 is 5.73 Å². The Hall–Kier alpha value is -2.02. The molecule has 1 aromatic carbocycles. The average molecular weight is 232 g/mol. The second-order valence-electron chi connectivity index (χ2n) is 4.18. The maximum absolute atomic E-state index is 10.8. The minimum atomic E-state index is -0.773. The van der Waals surface area contributed by atoms with Crippen LogP contribution in [-0.2, 0) is 11.2 Å². The Morgan fingerprint density at radius 3 is 2.41 bits per heavy atom. The number of carbonyl (C=O) groups is 1. The van der Waals surface area contributed by atoms with Gasteiger partial charge >= 0.3 is 6.09 Å². The Kier molecular flexibility index (Phi) is 4.53. The van der Waals surface area contributed by atoms with E-state index in [-0.39, 0.29) is 12.0 Å². The van der Waals surface area contributed by atoms with Crippen LogP contribution in [0.15, 0.2) is 24.3 Å². The van der Waals surface area contributed by atoms with Gasteiger partial charge in [0.1, 0.15) is 6.10 Å². The van der Waals surface area contributed by atoms with E-state index in [2.05, 4.69) is 6.07 Å². The molecule has 0 aliphatic heterocycles. The molecule has 1 aromatic rings. The maximum atomic E-state index is 10.8. The third-order valence-electron chi connectivity index (χ3n) is 2.44. The quantitative estimate of drug-likeness (QED) is 0.866. The number of nitrogens with two attached hydrogens (primary N) is 1. The molecule has 0 aromatic heterocycles. The Morgan fingerprint density at radius 2 is 2.00 bits per heavy atom. The predicted molar refractivity (Wildman–Crippen MR) is 64.0 cm³/mol. The summed E-state index contributed by atoms with van der Waals surface area (Å²) in [4.78, 5) is 10.8. The van der Waals surface area contributed by atoms with Crippen molar-refractivity contribution in [2.75, 3.05) is 0 Å². The molecule has 1 unspecified atom stereocenters. The monoisotopic (exact) mass is 232 g/mol. The number of nitriles is 1. The van der Waals surface area contributed by atoms with Crippen molar-refractivity contribution in [2.24, 2.45) is 11.7 Å². The number of nitrogens with zero attached hydrogens (tertiary/aromatic N) is 1. The van der Waals surface area contributed by atoms with Gasteiger partial charge in [0.2, 0.25) is 0 Å². The fourth-order valence-electron chi connectivity index (χ4n) is 1.63. The van der Waals surface area contributed by atoms with E-state index >= 15 is 0 Å². The minimum Gasteiger partial charge on any atom is -0.441 e. The van der Waals surface area contributed by atoms with Gasteiger partial charge in [-0.05, 0) is 17.0 Å². The number of hydrogen-bond donors (Lipinski definition) is 1. The molecule has 4 heteroatoms. The number of hydrogen-bond acceptors (Lipinski definition) is 3. The van der Waals surface area contributed by atoms with Crippen LogP contribution in [0.25, 0.3) is 0 Å². The topological polar surface area (TPSA) is 76.1 Å². The first kappa shape index (κ1) is 13.0. The number of amides is 1. The Morgan fingerprint density at radius 1 is 1.41 bits per heavy atom. The highest BCUT2D eigenvalue weighted by Crippen LogP contribution is 2.25. The van der Waals surface area contributed by atoms with Crippen LogP contribution in [-0.4, -0.2) is 6.09 Å². The first-order valence-corrected chi connectivity index (χ1v) is 5.46. The molecule has 0 aliphatic rings. The second-order valence-corrected chi connectivity index (χ2v) is 4.18. The van der Waals surface area contributed by atoms with Crippen LogP contribution in [0.1, 0.15) is 31.1 Å². The van der Waals surface area contributed by atoms with E-state index in [9.17, 15) is 4.79 Å². The van der Waals surface area contributed by atoms with E-state index in [1.807, 2.05) is 38.1 Å². The van der Waals surface area contributed by atoms with Gasteiger partial charge in [0.05, 0.1) is 12.5 Å². The van der Waals surface area contributed by atoms with Crippen LogP contribution in [0.5, 0.6) is 0 Å². The highest BCUT2D eigenvalue weighted by molar-refractivity contribution is 5.65. The molecule has 1 rings (SSSR count). The lowest BCUT2D eigenvalue weighted by molar-refractivity contribution is 0.0784. The van der Waals surface area contributed by atoms with Gasteiger partial charge in [0.15, 0.2) is 0 Å². The zero-order valence-corrected chi connectivity index (χ0v) is 10.0. The summed E-state index contributed by atoms with van der Waals surface area (Å²) in [6, 6.07) is 9.52. The van der Waals surface area contributed by atoms with Crippen molar-refractivity contribution in [3.8, 4) is 6.07 Å². The van der Waals surface area contributed by atoms with Gasteiger partial charge in [0, 0.05) is 0 Å². The van der Waals surface area contributed by atoms with Crippen molar-refractivity contribution < 1.29 is 9.53 Å². The summed E-state index contributed by atoms with van der Waals surface area (Å²) < 4.78 is 5.07. The van der Waals surface area contributed by atoms with Gasteiger partial charge in [-0.3, -0.25) is 0 Å². The van der Waals surface area contributed by atoms with E-state index in [1.165, 1.54) is 0 Å². The molecule has 0 saturated carbocycles. The Balaban J connectivity index is 2.88. The van der Waals surface area contributed by atoms with Crippen molar-refractivity contribution in [2.45, 2.75) is 26.4 Å². The van der Waals surface area contributed by atoms with Crippen LogP contribution in [0.4, 0.5) is 4.79 Å². The summed E-state index contributed by atoms with van der Waals surface area (Å²) in [7, 11) is 0. The number of ether oxygens (including phenoxy) is 1. The molecular formula is C13H16N2O2. The number of primary amides is 1. The summed E-state index contributed by atoms with van der Waals surface area (Å²) in [6.07, 6.45) is -0.739. The molecule has 1 amide bonds. The van der Waals surface area contributed by atoms with Crippen molar-refractivity contribution in [1.29, 1.82) is 5.26 Å². The van der Waals surface area contributed by atoms with Gasteiger partial charge in [-0.1, -0.05) is 38.1 Å². The summed E-state index contributed by atoms with van der Waals surface area (Å²) in [6.45, 7) is 3.91. The summed E-state index contributed by atoms with van der Waals surface area (Å²) in [5.41, 5.74) is 6.87. The lowest BCUT2D eigenvalue weighted by atomic mass is 9.97. The molecule has 0 heterocycles. The smallest absolute Gasteiger partial charge is 0.405 e. The van der Waals surface area contributed by atoms with Crippen LogP contribution in [0.3, 0.4) is 0 Å². The molecular weight excluding hydrogens is 216 g/mol. The van der Waals surface area contributed by atoms with Crippen LogP contribution in [0, 0.1) is 17.2 Å². The maximum Gasteiger partial charge on any atom is 0.405 e. The lowest BCUT2D eigenvalue weighted by Crippen LogP contribution is -2.20. The second kappa shape index (κ2) is 5.90. The molecule has 0 fully saturated rings. The molecule has 1 atom stereocenters. The SMILES string of the molecule is CC(C)C(OC(N)=O)c1ccc(CC#N)cc1. The first-order valence-electron chi connectivity index (χ1n) is 5.46. The average Bonchev–Trinajstić information content (AvgIpc) is 2.27. The molecule has 0 radical (unpaired) electrons. The zero-order valence-electron chi connectivity index (χ0n) is 10.0. The van der Waals surface area contributed by atoms with E-state index < -0.39 is 6.09 Å².